The van der Waals surface area contributed by atoms with Gasteiger partial charge in [-0.05, 0) is 31.0 Å². The average Bonchev–Trinajstić information content (AvgIpc) is 2.74. The molecule has 0 radical (unpaired) electrons. The highest BCUT2D eigenvalue weighted by Crippen LogP contribution is 2.38. The summed E-state index contributed by atoms with van der Waals surface area (Å²) in [5.74, 6) is 0.437. The zero-order valence-electron chi connectivity index (χ0n) is 16.8. The third-order valence-corrected chi connectivity index (χ3v) is 5.94. The number of aliphatic imine (C=N–C) groups is 1. The van der Waals surface area contributed by atoms with E-state index in [0.29, 0.717) is 44.0 Å². The predicted molar refractivity (Wildman–Crippen MR) is 112 cm³/mol. The lowest BCUT2D eigenvalue weighted by Crippen LogP contribution is -2.47. The summed E-state index contributed by atoms with van der Waals surface area (Å²) in [6, 6.07) is 3.39. The van der Waals surface area contributed by atoms with Crippen molar-refractivity contribution in [1.29, 1.82) is 0 Å². The van der Waals surface area contributed by atoms with Gasteiger partial charge in [0.1, 0.15) is 5.82 Å². The highest BCUT2D eigenvalue weighted by atomic mass is 35.5. The number of nitrogens with zero attached hydrogens (tertiary/aromatic N) is 4. The molecule has 32 heavy (non-hydrogen) atoms. The van der Waals surface area contributed by atoms with E-state index in [1.165, 1.54) is 12.3 Å². The fourth-order valence-electron chi connectivity index (χ4n) is 3.72. The number of nitrogens with one attached hydrogen (secondary N) is 1. The number of fused-ring (bicyclic) bond motifs is 1. The van der Waals surface area contributed by atoms with Crippen molar-refractivity contribution in [2.75, 3.05) is 29.9 Å². The molecule has 2 aliphatic heterocycles. The van der Waals surface area contributed by atoms with Crippen LogP contribution in [0.15, 0.2) is 23.2 Å². The molecule has 2 aromatic rings. The van der Waals surface area contributed by atoms with Crippen molar-refractivity contribution in [2.45, 2.75) is 37.3 Å². The zero-order valence-corrected chi connectivity index (χ0v) is 17.5. The molecule has 8 nitrogen and oxygen atoms in total. The van der Waals surface area contributed by atoms with Gasteiger partial charge in [0, 0.05) is 31.4 Å². The minimum absolute atomic E-state index is 0.0867. The molecule has 3 heterocycles. The van der Waals surface area contributed by atoms with Gasteiger partial charge >= 0.3 is 6.18 Å². The molecule has 1 unspecified atom stereocenters. The van der Waals surface area contributed by atoms with Crippen molar-refractivity contribution in [3.05, 3.63) is 40.0 Å². The summed E-state index contributed by atoms with van der Waals surface area (Å²) in [7, 11) is 0. The maximum Gasteiger partial charge on any atom is 0.417 e. The fraction of sp³-hybridized carbons (Fsp3) is 0.450. The van der Waals surface area contributed by atoms with Crippen molar-refractivity contribution in [1.82, 2.24) is 9.97 Å². The van der Waals surface area contributed by atoms with Gasteiger partial charge in [-0.15, -0.1) is 0 Å². The zero-order chi connectivity index (χ0) is 23.1. The van der Waals surface area contributed by atoms with Gasteiger partial charge in [-0.2, -0.15) is 18.2 Å². The number of alkyl halides is 3. The first-order valence-corrected chi connectivity index (χ1v) is 10.3. The molecule has 0 amide bonds. The Hall–Kier alpha value is -2.47. The molecule has 1 aromatic heterocycles. The second-order valence-corrected chi connectivity index (χ2v) is 8.24. The minimum atomic E-state index is -4.63. The Balaban J connectivity index is 1.70. The number of aliphatic hydroxyl groups is 3. The van der Waals surface area contributed by atoms with Gasteiger partial charge in [-0.25, -0.2) is 4.98 Å². The summed E-state index contributed by atoms with van der Waals surface area (Å²) in [5, 5.41) is 32.4. The summed E-state index contributed by atoms with van der Waals surface area (Å²) in [4.78, 5) is 14.7. The summed E-state index contributed by atoms with van der Waals surface area (Å²) in [6.45, 7) is 0.412. The summed E-state index contributed by atoms with van der Waals surface area (Å²) in [5.41, 5.74) is -1.29. The molecular weight excluding hydrogens is 451 g/mol. The number of aliphatic hydroxyl groups excluding tert-OH is 2. The average molecular weight is 472 g/mol. The molecular formula is C20H21ClF3N5O3. The monoisotopic (exact) mass is 471 g/mol. The third-order valence-electron chi connectivity index (χ3n) is 5.61. The fourth-order valence-corrected chi connectivity index (χ4v) is 3.94. The van der Waals surface area contributed by atoms with Crippen LogP contribution in [-0.4, -0.2) is 56.8 Å². The minimum Gasteiger partial charge on any atom is -0.393 e. The van der Waals surface area contributed by atoms with E-state index in [1.807, 2.05) is 4.90 Å². The molecule has 1 saturated heterocycles. The van der Waals surface area contributed by atoms with E-state index in [1.54, 1.807) is 0 Å². The lowest BCUT2D eigenvalue weighted by molar-refractivity contribution is -0.137. The lowest BCUT2D eigenvalue weighted by atomic mass is 9.92. The highest BCUT2D eigenvalue weighted by Gasteiger charge is 2.35. The standard InChI is InChI=1S/C20H21ClF3N5O3/c21-13-2-1-11(9-12(13)20(22,23)24)26-16-15-14(3-6-25-17(15)31)27-18(28-16)29-7-4-19(32,10-30)5-8-29/h1-2,6,9,17,30-32H,3-5,7-8,10H2,(H,26,27,28). The summed E-state index contributed by atoms with van der Waals surface area (Å²) in [6.07, 6.45) is -3.44. The van der Waals surface area contributed by atoms with Gasteiger partial charge in [0.2, 0.25) is 5.95 Å². The molecule has 0 aliphatic carbocycles. The van der Waals surface area contributed by atoms with Crippen LogP contribution in [0.3, 0.4) is 0 Å². The van der Waals surface area contributed by atoms with Crippen LogP contribution in [-0.2, 0) is 12.6 Å². The first kappa shape index (κ1) is 22.7. The molecule has 1 aromatic carbocycles. The summed E-state index contributed by atoms with van der Waals surface area (Å²) < 4.78 is 39.8. The number of hydrogen-bond acceptors (Lipinski definition) is 8. The quantitative estimate of drug-likeness (QED) is 0.542. The maximum absolute atomic E-state index is 13.3. The summed E-state index contributed by atoms with van der Waals surface area (Å²) >= 11 is 5.71. The number of piperidine rings is 1. The first-order chi connectivity index (χ1) is 15.1. The van der Waals surface area contributed by atoms with Crippen LogP contribution in [0.5, 0.6) is 0 Å². The largest absolute Gasteiger partial charge is 0.417 e. The normalized spacial score (nSPS) is 20.2. The van der Waals surface area contributed by atoms with E-state index in [4.69, 9.17) is 11.6 Å². The van der Waals surface area contributed by atoms with Crippen molar-refractivity contribution < 1.29 is 28.5 Å². The van der Waals surface area contributed by atoms with Gasteiger partial charge in [0.15, 0.2) is 6.23 Å². The van der Waals surface area contributed by atoms with E-state index in [-0.39, 0.29) is 23.7 Å². The smallest absolute Gasteiger partial charge is 0.393 e. The van der Waals surface area contributed by atoms with Crippen LogP contribution in [0.4, 0.5) is 30.6 Å². The van der Waals surface area contributed by atoms with Crippen LogP contribution >= 0.6 is 11.6 Å². The van der Waals surface area contributed by atoms with E-state index in [0.717, 1.165) is 12.1 Å². The topological polar surface area (TPSA) is 114 Å². The molecule has 1 fully saturated rings. The molecule has 12 heteroatoms. The molecule has 2 aliphatic rings. The van der Waals surface area contributed by atoms with Crippen LogP contribution in [0.25, 0.3) is 0 Å². The number of hydrogen-bond donors (Lipinski definition) is 4. The number of rotatable bonds is 4. The first-order valence-electron chi connectivity index (χ1n) is 9.92. The SMILES string of the molecule is OCC1(O)CCN(c2nc3c(c(Nc4ccc(Cl)c(C(F)(F)F)c4)n2)C(O)N=CC3)CC1. The third kappa shape index (κ3) is 4.51. The number of halogens is 4. The number of aromatic nitrogens is 2. The molecule has 0 saturated carbocycles. The van der Waals surface area contributed by atoms with Crippen molar-refractivity contribution in [3.63, 3.8) is 0 Å². The Morgan fingerprint density at radius 1 is 1.22 bits per heavy atom. The Labute approximate surface area is 186 Å². The van der Waals surface area contributed by atoms with E-state index in [9.17, 15) is 28.5 Å². The lowest BCUT2D eigenvalue weighted by Gasteiger charge is -2.37. The van der Waals surface area contributed by atoms with Crippen LogP contribution in [0.1, 0.15) is 35.9 Å². The molecule has 0 bridgehead atoms. The Bertz CT molecular complexity index is 1040. The maximum atomic E-state index is 13.3. The molecule has 172 valence electrons. The number of anilines is 3. The second kappa shape index (κ2) is 8.47. The van der Waals surface area contributed by atoms with Crippen molar-refractivity contribution in [2.24, 2.45) is 4.99 Å². The van der Waals surface area contributed by atoms with Gasteiger partial charge in [-0.1, -0.05) is 11.6 Å². The Morgan fingerprint density at radius 2 is 1.94 bits per heavy atom. The second-order valence-electron chi connectivity index (χ2n) is 7.83. The van der Waals surface area contributed by atoms with E-state index in [2.05, 4.69) is 20.3 Å². The number of benzene rings is 1. The molecule has 0 spiro atoms. The molecule has 4 rings (SSSR count). The predicted octanol–water partition coefficient (Wildman–Crippen LogP) is 2.83. The van der Waals surface area contributed by atoms with Gasteiger partial charge < -0.3 is 25.5 Å². The van der Waals surface area contributed by atoms with Crippen LogP contribution in [0.2, 0.25) is 5.02 Å². The van der Waals surface area contributed by atoms with Gasteiger partial charge in [0.05, 0.1) is 34.1 Å². The van der Waals surface area contributed by atoms with E-state index >= 15 is 0 Å². The molecule has 4 N–H and O–H groups in total. The van der Waals surface area contributed by atoms with E-state index < -0.39 is 28.6 Å². The van der Waals surface area contributed by atoms with Crippen molar-refractivity contribution >= 4 is 35.3 Å². The van der Waals surface area contributed by atoms with Gasteiger partial charge in [-0.3, -0.25) is 4.99 Å². The van der Waals surface area contributed by atoms with Crippen LogP contribution < -0.4 is 10.2 Å². The van der Waals surface area contributed by atoms with Crippen LogP contribution in [0, 0.1) is 0 Å². The highest BCUT2D eigenvalue weighted by molar-refractivity contribution is 6.31. The Kier molecular flexibility index (Phi) is 6.01. The van der Waals surface area contributed by atoms with Crippen molar-refractivity contribution in [3.8, 4) is 0 Å². The Morgan fingerprint density at radius 3 is 2.59 bits per heavy atom. The van der Waals surface area contributed by atoms with Gasteiger partial charge in [0.25, 0.3) is 0 Å². The molecule has 1 atom stereocenters.